The van der Waals surface area contributed by atoms with Gasteiger partial charge in [0.25, 0.3) is 5.91 Å². The molecule has 5 nitrogen and oxygen atoms in total. The molecule has 0 bridgehead atoms. The van der Waals surface area contributed by atoms with Crippen LogP contribution in [0.15, 0.2) is 66.7 Å². The van der Waals surface area contributed by atoms with Gasteiger partial charge < -0.3 is 15.7 Å². The second kappa shape index (κ2) is 8.59. The zero-order valence-electron chi connectivity index (χ0n) is 15.2. The second-order valence-corrected chi connectivity index (χ2v) is 6.79. The number of hydrogen-bond acceptors (Lipinski definition) is 3. The summed E-state index contributed by atoms with van der Waals surface area (Å²) < 4.78 is 0. The van der Waals surface area contributed by atoms with Crippen molar-refractivity contribution in [1.29, 1.82) is 0 Å². The molecule has 0 spiro atoms. The highest BCUT2D eigenvalue weighted by atomic mass is 35.5. The molecule has 0 atom stereocenters. The molecule has 0 aliphatic heterocycles. The quantitative estimate of drug-likeness (QED) is 0.544. The predicted molar refractivity (Wildman–Crippen MR) is 111 cm³/mol. The van der Waals surface area contributed by atoms with E-state index in [0.717, 1.165) is 11.1 Å². The second-order valence-electron chi connectivity index (χ2n) is 6.35. The van der Waals surface area contributed by atoms with Crippen LogP contribution in [0.1, 0.15) is 21.5 Å². The molecule has 0 heterocycles. The molecule has 28 heavy (non-hydrogen) atoms. The Balaban J connectivity index is 1.65. The summed E-state index contributed by atoms with van der Waals surface area (Å²) in [7, 11) is 0. The van der Waals surface area contributed by atoms with Crippen molar-refractivity contribution in [2.75, 3.05) is 10.6 Å². The van der Waals surface area contributed by atoms with E-state index in [9.17, 15) is 14.7 Å². The number of phenols is 1. The highest BCUT2D eigenvalue weighted by Crippen LogP contribution is 2.27. The van der Waals surface area contributed by atoms with Gasteiger partial charge in [0, 0.05) is 22.3 Å². The highest BCUT2D eigenvalue weighted by Gasteiger charge is 2.12. The van der Waals surface area contributed by atoms with E-state index in [1.54, 1.807) is 48.5 Å². The van der Waals surface area contributed by atoms with Crippen LogP contribution >= 0.6 is 11.6 Å². The number of nitrogens with one attached hydrogen (secondary N) is 2. The monoisotopic (exact) mass is 394 g/mol. The topological polar surface area (TPSA) is 78.4 Å². The van der Waals surface area contributed by atoms with Crippen LogP contribution in [-0.2, 0) is 11.2 Å². The van der Waals surface area contributed by atoms with Crippen molar-refractivity contribution in [3.05, 3.63) is 88.4 Å². The Morgan fingerprint density at radius 3 is 2.36 bits per heavy atom. The molecular weight excluding hydrogens is 376 g/mol. The average Bonchev–Trinajstić information content (AvgIpc) is 2.66. The van der Waals surface area contributed by atoms with Crippen LogP contribution in [0.4, 0.5) is 11.4 Å². The van der Waals surface area contributed by atoms with Crippen LogP contribution in [0.5, 0.6) is 5.75 Å². The number of aryl methyl sites for hydroxylation is 1. The summed E-state index contributed by atoms with van der Waals surface area (Å²) in [5.41, 5.74) is 2.90. The SMILES string of the molecule is Cc1ccccc1C(=O)Nc1ccc(NC(=O)Cc2ccc(Cl)cc2)cc1O. The Morgan fingerprint density at radius 2 is 1.68 bits per heavy atom. The molecule has 0 radical (unpaired) electrons. The minimum atomic E-state index is -0.312. The molecule has 3 N–H and O–H groups in total. The largest absolute Gasteiger partial charge is 0.506 e. The number of anilines is 2. The number of carbonyl (C=O) groups excluding carboxylic acids is 2. The summed E-state index contributed by atoms with van der Waals surface area (Å²) in [6, 6.07) is 18.8. The number of amides is 2. The fraction of sp³-hybridized carbons (Fsp3) is 0.0909. The molecule has 6 heteroatoms. The lowest BCUT2D eigenvalue weighted by molar-refractivity contribution is -0.115. The molecule has 0 aliphatic rings. The van der Waals surface area contributed by atoms with Crippen LogP contribution in [0, 0.1) is 6.92 Å². The Hall–Kier alpha value is -3.31. The van der Waals surface area contributed by atoms with Crippen LogP contribution in [-0.4, -0.2) is 16.9 Å². The van der Waals surface area contributed by atoms with Gasteiger partial charge in [-0.1, -0.05) is 41.9 Å². The van der Waals surface area contributed by atoms with E-state index in [1.807, 2.05) is 19.1 Å². The molecule has 0 saturated carbocycles. The summed E-state index contributed by atoms with van der Waals surface area (Å²) in [6.45, 7) is 1.84. The van der Waals surface area contributed by atoms with Gasteiger partial charge in [0.05, 0.1) is 12.1 Å². The molecule has 3 rings (SSSR count). The third-order valence-electron chi connectivity index (χ3n) is 4.20. The van der Waals surface area contributed by atoms with Crippen molar-refractivity contribution < 1.29 is 14.7 Å². The first kappa shape index (κ1) is 19.5. The molecule has 0 fully saturated rings. The van der Waals surface area contributed by atoms with Gasteiger partial charge in [-0.2, -0.15) is 0 Å². The zero-order chi connectivity index (χ0) is 20.1. The van der Waals surface area contributed by atoms with E-state index < -0.39 is 0 Å². The fourth-order valence-electron chi connectivity index (χ4n) is 2.73. The van der Waals surface area contributed by atoms with Crippen LogP contribution in [0.2, 0.25) is 5.02 Å². The predicted octanol–water partition coefficient (Wildman–Crippen LogP) is 4.79. The van der Waals surface area contributed by atoms with E-state index in [2.05, 4.69) is 10.6 Å². The van der Waals surface area contributed by atoms with E-state index in [-0.39, 0.29) is 29.7 Å². The van der Waals surface area contributed by atoms with Gasteiger partial charge in [-0.25, -0.2) is 0 Å². The van der Waals surface area contributed by atoms with Crippen molar-refractivity contribution in [2.24, 2.45) is 0 Å². The van der Waals surface area contributed by atoms with Gasteiger partial charge in [-0.05, 0) is 48.4 Å². The van der Waals surface area contributed by atoms with Gasteiger partial charge >= 0.3 is 0 Å². The smallest absolute Gasteiger partial charge is 0.256 e. The minimum Gasteiger partial charge on any atom is -0.506 e. The Labute approximate surface area is 168 Å². The van der Waals surface area contributed by atoms with E-state index in [4.69, 9.17) is 11.6 Å². The highest BCUT2D eigenvalue weighted by molar-refractivity contribution is 6.30. The first-order chi connectivity index (χ1) is 13.4. The molecule has 0 aliphatic carbocycles. The van der Waals surface area contributed by atoms with E-state index in [1.165, 1.54) is 6.07 Å². The van der Waals surface area contributed by atoms with Crippen molar-refractivity contribution in [3.8, 4) is 5.75 Å². The summed E-state index contributed by atoms with van der Waals surface area (Å²) in [4.78, 5) is 24.5. The van der Waals surface area contributed by atoms with Crippen LogP contribution in [0.3, 0.4) is 0 Å². The van der Waals surface area contributed by atoms with Gasteiger partial charge in [0.2, 0.25) is 5.91 Å². The number of benzene rings is 3. The van der Waals surface area contributed by atoms with E-state index >= 15 is 0 Å². The number of rotatable bonds is 5. The molecule has 0 unspecified atom stereocenters. The Bertz CT molecular complexity index is 1020. The lowest BCUT2D eigenvalue weighted by Crippen LogP contribution is -2.15. The van der Waals surface area contributed by atoms with Crippen LogP contribution in [0.25, 0.3) is 0 Å². The molecular formula is C22H19ClN2O3. The summed E-state index contributed by atoms with van der Waals surface area (Å²) in [5.74, 6) is -0.669. The number of aromatic hydroxyl groups is 1. The van der Waals surface area contributed by atoms with Gasteiger partial charge in [-0.15, -0.1) is 0 Å². The lowest BCUT2D eigenvalue weighted by Gasteiger charge is -2.11. The maximum absolute atomic E-state index is 12.4. The van der Waals surface area contributed by atoms with Gasteiger partial charge in [0.15, 0.2) is 0 Å². The first-order valence-electron chi connectivity index (χ1n) is 8.66. The standard InChI is InChI=1S/C22H19ClN2O3/c1-14-4-2-3-5-18(14)22(28)25-19-11-10-17(13-20(19)26)24-21(27)12-15-6-8-16(23)9-7-15/h2-11,13,26H,12H2,1H3,(H,24,27)(H,25,28). The fourth-order valence-corrected chi connectivity index (χ4v) is 2.85. The number of phenolic OH excluding ortho intramolecular Hbond substituents is 1. The molecule has 142 valence electrons. The molecule has 0 aromatic heterocycles. The normalized spacial score (nSPS) is 10.4. The number of halogens is 1. The summed E-state index contributed by atoms with van der Waals surface area (Å²) >= 11 is 5.84. The lowest BCUT2D eigenvalue weighted by atomic mass is 10.1. The number of hydrogen-bond donors (Lipinski definition) is 3. The van der Waals surface area contributed by atoms with Crippen molar-refractivity contribution >= 4 is 34.8 Å². The molecule has 3 aromatic carbocycles. The zero-order valence-corrected chi connectivity index (χ0v) is 16.0. The number of carbonyl (C=O) groups is 2. The Morgan fingerprint density at radius 1 is 0.964 bits per heavy atom. The van der Waals surface area contributed by atoms with Crippen molar-refractivity contribution in [1.82, 2.24) is 0 Å². The summed E-state index contributed by atoms with van der Waals surface area (Å²) in [5, 5.41) is 16.2. The van der Waals surface area contributed by atoms with Crippen molar-refractivity contribution in [3.63, 3.8) is 0 Å². The van der Waals surface area contributed by atoms with Crippen molar-refractivity contribution in [2.45, 2.75) is 13.3 Å². The van der Waals surface area contributed by atoms with Gasteiger partial charge in [-0.3, -0.25) is 9.59 Å². The third kappa shape index (κ3) is 4.90. The first-order valence-corrected chi connectivity index (χ1v) is 9.04. The van der Waals surface area contributed by atoms with Crippen LogP contribution < -0.4 is 10.6 Å². The average molecular weight is 395 g/mol. The molecule has 0 saturated heterocycles. The molecule has 3 aromatic rings. The summed E-state index contributed by atoms with van der Waals surface area (Å²) in [6.07, 6.45) is 0.184. The maximum Gasteiger partial charge on any atom is 0.256 e. The van der Waals surface area contributed by atoms with E-state index in [0.29, 0.717) is 16.3 Å². The molecule has 2 amide bonds. The Kier molecular flexibility index (Phi) is 5.96. The third-order valence-corrected chi connectivity index (χ3v) is 4.45. The maximum atomic E-state index is 12.4. The minimum absolute atomic E-state index is 0.133. The van der Waals surface area contributed by atoms with Gasteiger partial charge in [0.1, 0.15) is 5.75 Å².